The van der Waals surface area contributed by atoms with E-state index in [0.717, 1.165) is 30.9 Å². The second-order valence-electron chi connectivity index (χ2n) is 7.08. The molecule has 0 aliphatic carbocycles. The van der Waals surface area contributed by atoms with Crippen LogP contribution in [0.5, 0.6) is 0 Å². The highest BCUT2D eigenvalue weighted by atomic mass is 32.2. The third-order valence-electron chi connectivity index (χ3n) is 5.50. The SMILES string of the molecule is CCNC(C1CCOC2(CCSCC2)C1)C(C)C(C)C. The molecule has 0 aromatic carbocycles. The maximum absolute atomic E-state index is 6.26. The van der Waals surface area contributed by atoms with Crippen molar-refractivity contribution in [1.82, 2.24) is 5.32 Å². The number of rotatable bonds is 5. The van der Waals surface area contributed by atoms with Crippen molar-refractivity contribution in [3.63, 3.8) is 0 Å². The fourth-order valence-electron chi connectivity index (χ4n) is 3.90. The first kappa shape index (κ1) is 16.6. The lowest BCUT2D eigenvalue weighted by Gasteiger charge is -2.47. The van der Waals surface area contributed by atoms with Crippen LogP contribution in [0, 0.1) is 17.8 Å². The Kier molecular flexibility index (Phi) is 6.25. The quantitative estimate of drug-likeness (QED) is 0.830. The summed E-state index contributed by atoms with van der Waals surface area (Å²) in [5.41, 5.74) is 0.221. The van der Waals surface area contributed by atoms with Crippen LogP contribution in [-0.4, -0.2) is 36.3 Å². The Bertz CT molecular complexity index is 283. The van der Waals surface area contributed by atoms with Gasteiger partial charge in [0.05, 0.1) is 5.60 Å². The zero-order chi connectivity index (χ0) is 14.6. The predicted octanol–water partition coefficient (Wildman–Crippen LogP) is 3.95. The van der Waals surface area contributed by atoms with E-state index < -0.39 is 0 Å². The molecule has 2 aliphatic rings. The Morgan fingerprint density at radius 1 is 1.25 bits per heavy atom. The summed E-state index contributed by atoms with van der Waals surface area (Å²) in [6.07, 6.45) is 5.05. The van der Waals surface area contributed by atoms with Crippen molar-refractivity contribution in [2.45, 2.75) is 65.0 Å². The van der Waals surface area contributed by atoms with E-state index in [4.69, 9.17) is 4.74 Å². The van der Waals surface area contributed by atoms with Crippen molar-refractivity contribution < 1.29 is 4.74 Å². The Balaban J connectivity index is 2.04. The smallest absolute Gasteiger partial charge is 0.0701 e. The van der Waals surface area contributed by atoms with Gasteiger partial charge in [0, 0.05) is 12.6 Å². The van der Waals surface area contributed by atoms with Gasteiger partial charge in [0.2, 0.25) is 0 Å². The number of ether oxygens (including phenoxy) is 1. The van der Waals surface area contributed by atoms with Crippen LogP contribution in [0.4, 0.5) is 0 Å². The summed E-state index contributed by atoms with van der Waals surface area (Å²) < 4.78 is 6.26. The normalized spacial score (nSPS) is 29.6. The summed E-state index contributed by atoms with van der Waals surface area (Å²) in [6, 6.07) is 0.662. The predicted molar refractivity (Wildman–Crippen MR) is 89.4 cm³/mol. The molecular formula is C17H33NOS. The van der Waals surface area contributed by atoms with Crippen molar-refractivity contribution >= 4 is 11.8 Å². The largest absolute Gasteiger partial charge is 0.375 e. The molecule has 2 heterocycles. The molecule has 0 amide bonds. The number of hydrogen-bond acceptors (Lipinski definition) is 3. The minimum atomic E-state index is 0.221. The highest BCUT2D eigenvalue weighted by Crippen LogP contribution is 2.42. The minimum Gasteiger partial charge on any atom is -0.375 e. The molecule has 0 saturated carbocycles. The summed E-state index contributed by atoms with van der Waals surface area (Å²) in [6.45, 7) is 11.5. The van der Waals surface area contributed by atoms with E-state index >= 15 is 0 Å². The van der Waals surface area contributed by atoms with E-state index in [1.54, 1.807) is 0 Å². The van der Waals surface area contributed by atoms with Crippen molar-refractivity contribution in [2.24, 2.45) is 17.8 Å². The highest BCUT2D eigenvalue weighted by molar-refractivity contribution is 7.99. The Labute approximate surface area is 129 Å². The van der Waals surface area contributed by atoms with Gasteiger partial charge in [0.1, 0.15) is 0 Å². The van der Waals surface area contributed by atoms with Gasteiger partial charge in [-0.1, -0.05) is 27.7 Å². The first-order valence-corrected chi connectivity index (χ1v) is 9.68. The zero-order valence-corrected chi connectivity index (χ0v) is 14.6. The average Bonchev–Trinajstić information content (AvgIpc) is 2.45. The highest BCUT2D eigenvalue weighted by Gasteiger charge is 2.42. The maximum Gasteiger partial charge on any atom is 0.0701 e. The first-order chi connectivity index (χ1) is 9.58. The third-order valence-corrected chi connectivity index (χ3v) is 6.49. The molecule has 118 valence electrons. The van der Waals surface area contributed by atoms with Gasteiger partial charge in [0.25, 0.3) is 0 Å². The molecule has 20 heavy (non-hydrogen) atoms. The van der Waals surface area contributed by atoms with Crippen LogP contribution in [0.15, 0.2) is 0 Å². The molecule has 2 nitrogen and oxygen atoms in total. The maximum atomic E-state index is 6.26. The van der Waals surface area contributed by atoms with Crippen LogP contribution in [0.2, 0.25) is 0 Å². The van der Waals surface area contributed by atoms with Gasteiger partial charge in [-0.3, -0.25) is 0 Å². The van der Waals surface area contributed by atoms with Gasteiger partial charge < -0.3 is 10.1 Å². The van der Waals surface area contributed by atoms with Crippen LogP contribution in [0.25, 0.3) is 0 Å². The molecule has 1 N–H and O–H groups in total. The van der Waals surface area contributed by atoms with Gasteiger partial charge in [-0.05, 0) is 61.5 Å². The summed E-state index contributed by atoms with van der Waals surface area (Å²) in [5.74, 6) is 4.87. The lowest BCUT2D eigenvalue weighted by Crippen LogP contribution is -2.51. The Hall–Kier alpha value is 0.270. The van der Waals surface area contributed by atoms with Crippen molar-refractivity contribution in [1.29, 1.82) is 0 Å². The lowest BCUT2D eigenvalue weighted by atomic mass is 9.73. The number of nitrogens with one attached hydrogen (secondary N) is 1. The molecule has 0 aromatic rings. The van der Waals surface area contributed by atoms with E-state index in [9.17, 15) is 0 Å². The molecule has 2 rings (SSSR count). The second-order valence-corrected chi connectivity index (χ2v) is 8.31. The van der Waals surface area contributed by atoms with E-state index in [0.29, 0.717) is 6.04 Å². The topological polar surface area (TPSA) is 21.3 Å². The third kappa shape index (κ3) is 3.92. The molecule has 0 radical (unpaired) electrons. The molecule has 2 fully saturated rings. The van der Waals surface area contributed by atoms with Gasteiger partial charge in [-0.2, -0.15) is 11.8 Å². The van der Waals surface area contributed by atoms with E-state index in [1.807, 2.05) is 0 Å². The number of hydrogen-bond donors (Lipinski definition) is 1. The van der Waals surface area contributed by atoms with Gasteiger partial charge in [-0.15, -0.1) is 0 Å². The monoisotopic (exact) mass is 299 g/mol. The molecule has 2 saturated heterocycles. The molecular weight excluding hydrogens is 266 g/mol. The molecule has 0 bridgehead atoms. The van der Waals surface area contributed by atoms with Crippen LogP contribution in [0.1, 0.15) is 53.4 Å². The summed E-state index contributed by atoms with van der Waals surface area (Å²) in [4.78, 5) is 0. The summed E-state index contributed by atoms with van der Waals surface area (Å²) >= 11 is 2.10. The van der Waals surface area contributed by atoms with Gasteiger partial charge in [0.15, 0.2) is 0 Å². The summed E-state index contributed by atoms with van der Waals surface area (Å²) in [7, 11) is 0. The van der Waals surface area contributed by atoms with Crippen LogP contribution in [0.3, 0.4) is 0 Å². The van der Waals surface area contributed by atoms with Crippen LogP contribution < -0.4 is 5.32 Å². The molecule has 3 atom stereocenters. The van der Waals surface area contributed by atoms with Gasteiger partial charge >= 0.3 is 0 Å². The molecule has 3 heteroatoms. The standard InChI is InChI=1S/C17H33NOS/c1-5-18-16(14(4)13(2)3)15-6-9-19-17(12-15)7-10-20-11-8-17/h13-16,18H,5-12H2,1-4H3. The molecule has 0 aromatic heterocycles. The van der Waals surface area contributed by atoms with Crippen molar-refractivity contribution in [3.8, 4) is 0 Å². The Morgan fingerprint density at radius 3 is 2.55 bits per heavy atom. The van der Waals surface area contributed by atoms with Gasteiger partial charge in [-0.25, -0.2) is 0 Å². The van der Waals surface area contributed by atoms with E-state index in [-0.39, 0.29) is 5.60 Å². The molecule has 3 unspecified atom stereocenters. The van der Waals surface area contributed by atoms with E-state index in [2.05, 4.69) is 44.8 Å². The summed E-state index contributed by atoms with van der Waals surface area (Å²) in [5, 5.41) is 3.79. The van der Waals surface area contributed by atoms with Crippen LogP contribution in [-0.2, 0) is 4.74 Å². The minimum absolute atomic E-state index is 0.221. The second kappa shape index (κ2) is 7.51. The zero-order valence-electron chi connectivity index (χ0n) is 13.8. The fraction of sp³-hybridized carbons (Fsp3) is 1.00. The fourth-order valence-corrected chi connectivity index (χ4v) is 5.13. The molecule has 1 spiro atoms. The van der Waals surface area contributed by atoms with Crippen molar-refractivity contribution in [2.75, 3.05) is 24.7 Å². The van der Waals surface area contributed by atoms with Crippen molar-refractivity contribution in [3.05, 3.63) is 0 Å². The number of thioether (sulfide) groups is 1. The van der Waals surface area contributed by atoms with E-state index in [1.165, 1.54) is 37.2 Å². The van der Waals surface area contributed by atoms with Crippen LogP contribution >= 0.6 is 11.8 Å². The Morgan fingerprint density at radius 2 is 1.95 bits per heavy atom. The lowest BCUT2D eigenvalue weighted by molar-refractivity contribution is -0.110. The molecule has 2 aliphatic heterocycles. The first-order valence-electron chi connectivity index (χ1n) is 8.53. The average molecular weight is 300 g/mol.